The largest absolute Gasteiger partial charge is 0.381 e. The first-order valence-corrected chi connectivity index (χ1v) is 13.8. The summed E-state index contributed by atoms with van der Waals surface area (Å²) in [5, 5.41) is 0. The van der Waals surface area contributed by atoms with E-state index in [1.165, 1.54) is 4.31 Å². The number of aromatic nitrogens is 3. The van der Waals surface area contributed by atoms with Crippen molar-refractivity contribution in [2.24, 2.45) is 5.92 Å². The minimum absolute atomic E-state index is 0.259. The highest BCUT2D eigenvalue weighted by Gasteiger charge is 2.32. The van der Waals surface area contributed by atoms with Crippen molar-refractivity contribution in [3.63, 3.8) is 0 Å². The van der Waals surface area contributed by atoms with Crippen molar-refractivity contribution in [3.8, 4) is 0 Å². The molecule has 1 saturated heterocycles. The molecule has 1 aliphatic heterocycles. The molecule has 4 aromatic rings. The number of imidazole rings is 1. The van der Waals surface area contributed by atoms with Gasteiger partial charge in [0.2, 0.25) is 0 Å². The van der Waals surface area contributed by atoms with E-state index in [2.05, 4.69) is 23.4 Å². The van der Waals surface area contributed by atoms with E-state index < -0.39 is 15.4 Å². The van der Waals surface area contributed by atoms with Crippen LogP contribution in [0.2, 0.25) is 0 Å². The maximum atomic E-state index is 13.2. The van der Waals surface area contributed by atoms with Crippen LogP contribution in [0.1, 0.15) is 38.2 Å². The van der Waals surface area contributed by atoms with E-state index in [4.69, 9.17) is 9.72 Å². The maximum absolute atomic E-state index is 13.2. The lowest BCUT2D eigenvalue weighted by Crippen LogP contribution is -2.28. The van der Waals surface area contributed by atoms with Crippen LogP contribution in [0.4, 0.5) is 5.69 Å². The Morgan fingerprint density at radius 2 is 1.75 bits per heavy atom. The Kier molecular flexibility index (Phi) is 6.57. The molecular formula is C28H32N4O3S. The molecule has 0 radical (unpaired) electrons. The van der Waals surface area contributed by atoms with Crippen molar-refractivity contribution in [1.29, 1.82) is 0 Å². The van der Waals surface area contributed by atoms with Crippen LogP contribution in [-0.2, 0) is 26.7 Å². The fourth-order valence-corrected chi connectivity index (χ4v) is 6.11. The van der Waals surface area contributed by atoms with E-state index in [0.29, 0.717) is 11.6 Å². The van der Waals surface area contributed by atoms with Gasteiger partial charge in [-0.2, -0.15) is 0 Å². The Morgan fingerprint density at radius 1 is 1.03 bits per heavy atom. The Bertz CT molecular complexity index is 1440. The van der Waals surface area contributed by atoms with Crippen molar-refractivity contribution in [3.05, 3.63) is 84.4 Å². The van der Waals surface area contributed by atoms with Crippen molar-refractivity contribution in [1.82, 2.24) is 14.5 Å². The number of pyridine rings is 1. The predicted molar refractivity (Wildman–Crippen MR) is 142 cm³/mol. The zero-order valence-electron chi connectivity index (χ0n) is 21.0. The fourth-order valence-electron chi connectivity index (χ4n) is 4.90. The Hall–Kier alpha value is -3.23. The molecule has 36 heavy (non-hydrogen) atoms. The number of sulfonamides is 1. The molecule has 0 bridgehead atoms. The first-order chi connectivity index (χ1) is 17.3. The molecule has 7 nitrogen and oxygen atoms in total. The van der Waals surface area contributed by atoms with Gasteiger partial charge in [-0.1, -0.05) is 24.3 Å². The minimum atomic E-state index is -3.68. The normalized spacial score (nSPS) is 15.3. The first-order valence-electron chi connectivity index (χ1n) is 12.3. The summed E-state index contributed by atoms with van der Waals surface area (Å²) in [6.45, 7) is 6.68. The molecule has 0 spiro atoms. The molecule has 0 unspecified atom stereocenters. The highest BCUT2D eigenvalue weighted by molar-refractivity contribution is 7.92. The van der Waals surface area contributed by atoms with Crippen LogP contribution in [0.25, 0.3) is 11.0 Å². The number of rotatable bonds is 7. The molecule has 0 aliphatic carbocycles. The van der Waals surface area contributed by atoms with Crippen molar-refractivity contribution in [2.45, 2.75) is 43.5 Å². The second-order valence-corrected chi connectivity index (χ2v) is 11.9. The SMILES string of the molecule is CN(c1ccc2c(c1)nc(C(C)(C)c1ccccn1)n2CC1CCOCC1)S(=O)(=O)c1ccccc1. The number of fused-ring (bicyclic) bond motifs is 1. The third-order valence-electron chi connectivity index (χ3n) is 7.14. The van der Waals surface area contributed by atoms with Crippen LogP contribution in [0.5, 0.6) is 0 Å². The molecule has 0 saturated carbocycles. The second-order valence-electron chi connectivity index (χ2n) is 9.90. The molecule has 2 aromatic heterocycles. The first kappa shape index (κ1) is 24.5. The van der Waals surface area contributed by atoms with Gasteiger partial charge in [-0.15, -0.1) is 0 Å². The standard InChI is InChI=1S/C28H32N4O3S/c1-28(2,26-11-7-8-16-29-26)27-30-24-19-22(31(3)36(33,34)23-9-5-4-6-10-23)12-13-25(24)32(27)20-21-14-17-35-18-15-21/h4-13,16,19,21H,14-15,17-18,20H2,1-3H3. The molecule has 188 valence electrons. The summed E-state index contributed by atoms with van der Waals surface area (Å²) in [5.74, 6) is 1.42. The van der Waals surface area contributed by atoms with Crippen LogP contribution < -0.4 is 4.31 Å². The van der Waals surface area contributed by atoms with E-state index in [9.17, 15) is 8.42 Å². The van der Waals surface area contributed by atoms with E-state index in [1.54, 1.807) is 37.4 Å². The third-order valence-corrected chi connectivity index (χ3v) is 8.94. The highest BCUT2D eigenvalue weighted by Crippen LogP contribution is 2.35. The van der Waals surface area contributed by atoms with Gasteiger partial charge in [0, 0.05) is 33.0 Å². The zero-order valence-corrected chi connectivity index (χ0v) is 21.8. The summed E-state index contributed by atoms with van der Waals surface area (Å²) >= 11 is 0. The molecule has 0 amide bonds. The van der Waals surface area contributed by atoms with E-state index in [0.717, 1.165) is 55.2 Å². The van der Waals surface area contributed by atoms with Gasteiger partial charge in [0.15, 0.2) is 0 Å². The topological polar surface area (TPSA) is 77.3 Å². The Balaban J connectivity index is 1.60. The van der Waals surface area contributed by atoms with Gasteiger partial charge in [-0.3, -0.25) is 9.29 Å². The number of nitrogens with zero attached hydrogens (tertiary/aromatic N) is 4. The number of hydrogen-bond donors (Lipinski definition) is 0. The Labute approximate surface area is 212 Å². The van der Waals surface area contributed by atoms with Crippen molar-refractivity contribution < 1.29 is 13.2 Å². The van der Waals surface area contributed by atoms with Crippen LogP contribution in [0, 0.1) is 5.92 Å². The fraction of sp³-hybridized carbons (Fsp3) is 0.357. The molecule has 0 N–H and O–H groups in total. The predicted octanol–water partition coefficient (Wildman–Crippen LogP) is 5.01. The van der Waals surface area contributed by atoms with Gasteiger partial charge < -0.3 is 9.30 Å². The molecule has 1 aliphatic rings. The molecule has 2 aromatic carbocycles. The number of ether oxygens (including phenoxy) is 1. The highest BCUT2D eigenvalue weighted by atomic mass is 32.2. The number of anilines is 1. The molecule has 1 fully saturated rings. The van der Waals surface area contributed by atoms with Gasteiger partial charge in [0.05, 0.1) is 32.7 Å². The van der Waals surface area contributed by atoms with Crippen LogP contribution in [0.15, 0.2) is 77.8 Å². The maximum Gasteiger partial charge on any atom is 0.264 e. The average Bonchev–Trinajstić information content (AvgIpc) is 3.28. The van der Waals surface area contributed by atoms with E-state index in [1.807, 2.05) is 42.6 Å². The Morgan fingerprint density at radius 3 is 2.44 bits per heavy atom. The van der Waals surface area contributed by atoms with Gasteiger partial charge in [0.1, 0.15) is 5.82 Å². The average molecular weight is 505 g/mol. The van der Waals surface area contributed by atoms with Gasteiger partial charge >= 0.3 is 0 Å². The summed E-state index contributed by atoms with van der Waals surface area (Å²) in [6, 6.07) is 20.2. The quantitative estimate of drug-likeness (QED) is 0.354. The smallest absolute Gasteiger partial charge is 0.264 e. The summed E-state index contributed by atoms with van der Waals surface area (Å²) < 4.78 is 35.7. The zero-order chi connectivity index (χ0) is 25.3. The molecule has 8 heteroatoms. The van der Waals surface area contributed by atoms with Crippen LogP contribution in [-0.4, -0.2) is 43.2 Å². The van der Waals surface area contributed by atoms with E-state index in [-0.39, 0.29) is 4.90 Å². The monoisotopic (exact) mass is 504 g/mol. The summed E-state index contributed by atoms with van der Waals surface area (Å²) in [5.41, 5.74) is 2.85. The van der Waals surface area contributed by atoms with Crippen LogP contribution in [0.3, 0.4) is 0 Å². The lowest BCUT2D eigenvalue weighted by Gasteiger charge is -2.28. The second kappa shape index (κ2) is 9.67. The number of benzene rings is 2. The third kappa shape index (κ3) is 4.51. The summed E-state index contributed by atoms with van der Waals surface area (Å²) in [4.78, 5) is 9.99. The molecular weight excluding hydrogens is 472 g/mol. The van der Waals surface area contributed by atoms with Gasteiger partial charge in [-0.05, 0) is 75.1 Å². The molecule has 5 rings (SSSR count). The van der Waals surface area contributed by atoms with Crippen LogP contribution >= 0.6 is 0 Å². The summed E-state index contributed by atoms with van der Waals surface area (Å²) in [6.07, 6.45) is 3.84. The number of hydrogen-bond acceptors (Lipinski definition) is 5. The van der Waals surface area contributed by atoms with Gasteiger partial charge in [0.25, 0.3) is 10.0 Å². The van der Waals surface area contributed by atoms with Gasteiger partial charge in [-0.25, -0.2) is 13.4 Å². The lowest BCUT2D eigenvalue weighted by atomic mass is 9.87. The minimum Gasteiger partial charge on any atom is -0.381 e. The van der Waals surface area contributed by atoms with Crippen molar-refractivity contribution >= 4 is 26.7 Å². The summed E-state index contributed by atoms with van der Waals surface area (Å²) in [7, 11) is -2.10. The lowest BCUT2D eigenvalue weighted by molar-refractivity contribution is 0.0611. The van der Waals surface area contributed by atoms with Crippen molar-refractivity contribution in [2.75, 3.05) is 24.6 Å². The molecule has 3 heterocycles. The molecule has 0 atom stereocenters. The van der Waals surface area contributed by atoms with E-state index >= 15 is 0 Å².